The van der Waals surface area contributed by atoms with Gasteiger partial charge in [0.15, 0.2) is 5.78 Å². The largest absolute Gasteiger partial charge is 0.366 e. The van der Waals surface area contributed by atoms with Gasteiger partial charge in [-0.15, -0.1) is 0 Å². The van der Waals surface area contributed by atoms with Gasteiger partial charge in [0.25, 0.3) is 0 Å². The molecule has 0 N–H and O–H groups in total. The van der Waals surface area contributed by atoms with E-state index in [1.807, 2.05) is 39.0 Å². The van der Waals surface area contributed by atoms with Crippen LogP contribution in [0.15, 0.2) is 24.3 Å². The number of amides is 1. The number of hydrogen-bond donors (Lipinski definition) is 0. The van der Waals surface area contributed by atoms with Gasteiger partial charge in [0.1, 0.15) is 0 Å². The predicted molar refractivity (Wildman–Crippen MR) is 102 cm³/mol. The van der Waals surface area contributed by atoms with Crippen LogP contribution in [0.5, 0.6) is 0 Å². The third-order valence-corrected chi connectivity index (χ3v) is 5.50. The van der Waals surface area contributed by atoms with Crippen molar-refractivity contribution in [1.29, 1.82) is 0 Å². The first-order chi connectivity index (χ1) is 11.9. The van der Waals surface area contributed by atoms with Crippen LogP contribution in [0.1, 0.15) is 59.3 Å². The maximum Gasteiger partial charge on any atom is 0.229 e. The van der Waals surface area contributed by atoms with E-state index < -0.39 is 5.41 Å². The molecule has 4 nitrogen and oxygen atoms in total. The second-order valence-corrected chi connectivity index (χ2v) is 8.38. The van der Waals surface area contributed by atoms with Crippen LogP contribution < -0.4 is 9.80 Å². The first kappa shape index (κ1) is 18.0. The number of ketones is 1. The molecule has 0 bridgehead atoms. The number of hydrogen-bond acceptors (Lipinski definition) is 3. The molecular weight excluding hydrogens is 312 g/mol. The van der Waals surface area contributed by atoms with Crippen LogP contribution in [0.25, 0.3) is 0 Å². The molecule has 1 aliphatic heterocycles. The van der Waals surface area contributed by atoms with Crippen molar-refractivity contribution in [2.45, 2.75) is 65.3 Å². The molecule has 2 aliphatic rings. The zero-order valence-corrected chi connectivity index (χ0v) is 15.8. The van der Waals surface area contributed by atoms with Crippen molar-refractivity contribution in [3.8, 4) is 0 Å². The molecule has 4 heteroatoms. The van der Waals surface area contributed by atoms with Crippen molar-refractivity contribution in [1.82, 2.24) is 0 Å². The van der Waals surface area contributed by atoms with Gasteiger partial charge < -0.3 is 9.80 Å². The van der Waals surface area contributed by atoms with E-state index in [1.165, 1.54) is 32.1 Å². The lowest BCUT2D eigenvalue weighted by Gasteiger charge is -2.36. The van der Waals surface area contributed by atoms with Crippen molar-refractivity contribution in [2.75, 3.05) is 22.9 Å². The first-order valence-electron chi connectivity index (χ1n) is 9.57. The number of anilines is 2. The predicted octanol–water partition coefficient (Wildman–Crippen LogP) is 4.18. The Hall–Kier alpha value is -1.84. The third-order valence-electron chi connectivity index (χ3n) is 5.50. The summed E-state index contributed by atoms with van der Waals surface area (Å²) in [5, 5.41) is 0. The molecule has 136 valence electrons. The molecule has 1 saturated carbocycles. The summed E-state index contributed by atoms with van der Waals surface area (Å²) in [6, 6.07) is 8.61. The number of nitrogens with zero attached hydrogens (tertiary/aromatic N) is 2. The minimum atomic E-state index is -0.440. The Morgan fingerprint density at radius 1 is 1.08 bits per heavy atom. The molecular formula is C21H30N2O2. The Morgan fingerprint density at radius 3 is 2.36 bits per heavy atom. The van der Waals surface area contributed by atoms with Gasteiger partial charge in [-0.2, -0.15) is 0 Å². The summed E-state index contributed by atoms with van der Waals surface area (Å²) in [7, 11) is 0. The monoisotopic (exact) mass is 342 g/mol. The van der Waals surface area contributed by atoms with Gasteiger partial charge in [-0.1, -0.05) is 52.2 Å². The third kappa shape index (κ3) is 3.88. The van der Waals surface area contributed by atoms with Gasteiger partial charge in [0, 0.05) is 24.4 Å². The topological polar surface area (TPSA) is 40.6 Å². The summed E-state index contributed by atoms with van der Waals surface area (Å²) < 4.78 is 0. The molecule has 1 heterocycles. The standard InChI is InChI=1S/C21H30N2O2/c1-21(2,3)19(24)15-23-18-12-8-7-11-17(18)22(14-13-20(23)25)16-9-5-4-6-10-16/h7-8,11-12,16H,4-6,9-10,13-15H2,1-3H3. The van der Waals surface area contributed by atoms with Crippen molar-refractivity contribution >= 4 is 23.1 Å². The zero-order chi connectivity index (χ0) is 18.0. The summed E-state index contributed by atoms with van der Waals surface area (Å²) >= 11 is 0. The van der Waals surface area contributed by atoms with E-state index in [2.05, 4.69) is 11.0 Å². The van der Waals surface area contributed by atoms with Crippen molar-refractivity contribution in [3.05, 3.63) is 24.3 Å². The first-order valence-corrected chi connectivity index (χ1v) is 9.57. The van der Waals surface area contributed by atoms with Gasteiger partial charge in [-0.3, -0.25) is 9.59 Å². The van der Waals surface area contributed by atoms with Crippen molar-refractivity contribution in [2.24, 2.45) is 5.41 Å². The van der Waals surface area contributed by atoms with E-state index in [4.69, 9.17) is 0 Å². The van der Waals surface area contributed by atoms with E-state index in [1.54, 1.807) is 4.90 Å². The Bertz CT molecular complexity index is 642. The van der Waals surface area contributed by atoms with Gasteiger partial charge in [-0.05, 0) is 25.0 Å². The fraction of sp³-hybridized carbons (Fsp3) is 0.619. The fourth-order valence-electron chi connectivity index (χ4n) is 3.87. The fourth-order valence-corrected chi connectivity index (χ4v) is 3.87. The molecule has 0 unspecified atom stereocenters. The van der Waals surface area contributed by atoms with E-state index in [0.717, 1.165) is 17.9 Å². The molecule has 1 aromatic rings. The molecule has 1 fully saturated rings. The number of carbonyl (C=O) groups excluding carboxylic acids is 2. The van der Waals surface area contributed by atoms with Crippen molar-refractivity contribution < 1.29 is 9.59 Å². The normalized spacial score (nSPS) is 19.6. The average molecular weight is 342 g/mol. The second kappa shape index (κ2) is 7.19. The van der Waals surface area contributed by atoms with Crippen LogP contribution in [0.3, 0.4) is 0 Å². The van der Waals surface area contributed by atoms with Gasteiger partial charge in [-0.25, -0.2) is 0 Å². The molecule has 1 amide bonds. The number of carbonyl (C=O) groups is 2. The molecule has 1 aromatic carbocycles. The van der Waals surface area contributed by atoms with Crippen molar-refractivity contribution in [3.63, 3.8) is 0 Å². The quantitative estimate of drug-likeness (QED) is 0.827. The molecule has 0 saturated heterocycles. The highest BCUT2D eigenvalue weighted by Gasteiger charge is 2.33. The number of para-hydroxylation sites is 2. The number of Topliss-reactive ketones (excluding diaryl/α,β-unsaturated/α-hetero) is 1. The smallest absolute Gasteiger partial charge is 0.229 e. The summed E-state index contributed by atoms with van der Waals surface area (Å²) in [6.07, 6.45) is 6.72. The van der Waals surface area contributed by atoms with Crippen LogP contribution in [-0.4, -0.2) is 30.8 Å². The van der Waals surface area contributed by atoms with E-state index >= 15 is 0 Å². The number of benzene rings is 1. The van der Waals surface area contributed by atoms with E-state index in [-0.39, 0.29) is 18.2 Å². The molecule has 0 radical (unpaired) electrons. The summed E-state index contributed by atoms with van der Waals surface area (Å²) in [5.41, 5.74) is 1.57. The van der Waals surface area contributed by atoms with Crippen LogP contribution in [0.4, 0.5) is 11.4 Å². The molecule has 1 aliphatic carbocycles. The molecule has 25 heavy (non-hydrogen) atoms. The van der Waals surface area contributed by atoms with Crippen LogP contribution in [0.2, 0.25) is 0 Å². The van der Waals surface area contributed by atoms with Gasteiger partial charge in [0.05, 0.1) is 17.9 Å². The number of rotatable bonds is 3. The van der Waals surface area contributed by atoms with Gasteiger partial charge in [0.2, 0.25) is 5.91 Å². The summed E-state index contributed by atoms with van der Waals surface area (Å²) in [4.78, 5) is 29.5. The van der Waals surface area contributed by atoms with E-state index in [0.29, 0.717) is 12.5 Å². The average Bonchev–Trinajstić information content (AvgIpc) is 2.73. The van der Waals surface area contributed by atoms with E-state index in [9.17, 15) is 9.59 Å². The lowest BCUT2D eigenvalue weighted by molar-refractivity contribution is -0.127. The highest BCUT2D eigenvalue weighted by molar-refractivity contribution is 6.03. The van der Waals surface area contributed by atoms with Gasteiger partial charge >= 0.3 is 0 Å². The molecule has 0 atom stereocenters. The summed E-state index contributed by atoms with van der Waals surface area (Å²) in [5.74, 6) is 0.158. The second-order valence-electron chi connectivity index (χ2n) is 8.38. The highest BCUT2D eigenvalue weighted by Crippen LogP contribution is 2.37. The van der Waals surface area contributed by atoms with Crippen LogP contribution in [-0.2, 0) is 9.59 Å². The molecule has 0 spiro atoms. The minimum Gasteiger partial charge on any atom is -0.366 e. The summed E-state index contributed by atoms with van der Waals surface area (Å²) in [6.45, 7) is 6.66. The lowest BCUT2D eigenvalue weighted by atomic mass is 9.90. The Balaban J connectivity index is 1.93. The van der Waals surface area contributed by atoms with Crippen LogP contribution >= 0.6 is 0 Å². The lowest BCUT2D eigenvalue weighted by Crippen LogP contribution is -2.39. The molecule has 3 rings (SSSR count). The zero-order valence-electron chi connectivity index (χ0n) is 15.8. The Kier molecular flexibility index (Phi) is 5.16. The maximum atomic E-state index is 12.8. The minimum absolute atomic E-state index is 0.0587. The molecule has 0 aromatic heterocycles. The number of fused-ring (bicyclic) bond motifs is 1. The Labute approximate surface area is 151 Å². The van der Waals surface area contributed by atoms with Crippen LogP contribution in [0, 0.1) is 5.41 Å². The Morgan fingerprint density at radius 2 is 1.72 bits per heavy atom. The highest BCUT2D eigenvalue weighted by atomic mass is 16.2. The maximum absolute atomic E-state index is 12.8. The SMILES string of the molecule is CC(C)(C)C(=O)CN1C(=O)CCN(C2CCCCC2)c2ccccc21.